The molecule has 1 amide bonds. The van der Waals surface area contributed by atoms with Crippen LogP contribution in [0.25, 0.3) is 0 Å². The van der Waals surface area contributed by atoms with Gasteiger partial charge in [-0.25, -0.2) is 0 Å². The van der Waals surface area contributed by atoms with Crippen LogP contribution in [0.2, 0.25) is 0 Å². The Hall–Kier alpha value is -0.870. The Labute approximate surface area is 154 Å². The van der Waals surface area contributed by atoms with Crippen molar-refractivity contribution >= 4 is 21.8 Å². The van der Waals surface area contributed by atoms with Crippen LogP contribution in [-0.2, 0) is 0 Å². The fourth-order valence-electron chi connectivity index (χ4n) is 4.02. The van der Waals surface area contributed by atoms with Gasteiger partial charge < -0.3 is 9.80 Å². The lowest BCUT2D eigenvalue weighted by Crippen LogP contribution is -2.45. The molecule has 2 fully saturated rings. The molecule has 0 aliphatic carbocycles. The topological polar surface area (TPSA) is 23.6 Å². The maximum atomic E-state index is 12.9. The lowest BCUT2D eigenvalue weighted by molar-refractivity contribution is 0.0584. The van der Waals surface area contributed by atoms with Crippen molar-refractivity contribution in [2.24, 2.45) is 0 Å². The Morgan fingerprint density at radius 1 is 0.958 bits per heavy atom. The maximum absolute atomic E-state index is 12.9. The van der Waals surface area contributed by atoms with Gasteiger partial charge in [-0.1, -0.05) is 28.8 Å². The first kappa shape index (κ1) is 17.9. The van der Waals surface area contributed by atoms with Gasteiger partial charge in [0, 0.05) is 29.2 Å². The summed E-state index contributed by atoms with van der Waals surface area (Å²) in [7, 11) is 0. The van der Waals surface area contributed by atoms with Gasteiger partial charge in [0.05, 0.1) is 0 Å². The minimum absolute atomic E-state index is 0.211. The smallest absolute Gasteiger partial charge is 0.254 e. The summed E-state index contributed by atoms with van der Waals surface area (Å²) in [6.45, 7) is 4.55. The molecule has 4 heteroatoms. The summed E-state index contributed by atoms with van der Waals surface area (Å²) in [6.07, 6.45) is 10.1. The van der Waals surface area contributed by atoms with Crippen molar-refractivity contribution in [3.8, 4) is 0 Å². The molecule has 0 radical (unpaired) electrons. The lowest BCUT2D eigenvalue weighted by atomic mass is 9.98. The summed E-state index contributed by atoms with van der Waals surface area (Å²) in [5.41, 5.74) is 0.819. The van der Waals surface area contributed by atoms with Crippen molar-refractivity contribution in [2.75, 3.05) is 26.2 Å². The minimum Gasteiger partial charge on any atom is -0.336 e. The lowest BCUT2D eigenvalue weighted by Gasteiger charge is -2.37. The molecule has 0 spiro atoms. The maximum Gasteiger partial charge on any atom is 0.254 e. The van der Waals surface area contributed by atoms with Gasteiger partial charge in [-0.05, 0) is 75.9 Å². The number of amides is 1. The standard InChI is InChI=1S/C20H29BrN2O/c21-18-10-8-17(9-11-18)20(24)23-15-6-3-7-19(23)12-16-22-13-4-1-2-5-14-22/h8-11,19H,1-7,12-16H2/t19-/m0/s1. The highest BCUT2D eigenvalue weighted by Gasteiger charge is 2.27. The molecule has 3 nitrogen and oxygen atoms in total. The van der Waals surface area contributed by atoms with E-state index in [1.807, 2.05) is 24.3 Å². The fraction of sp³-hybridized carbons (Fsp3) is 0.650. The zero-order valence-corrected chi connectivity index (χ0v) is 16.1. The number of likely N-dealkylation sites (tertiary alicyclic amines) is 2. The van der Waals surface area contributed by atoms with Gasteiger partial charge in [0.15, 0.2) is 0 Å². The number of hydrogen-bond donors (Lipinski definition) is 0. The molecule has 2 heterocycles. The molecular weight excluding hydrogens is 364 g/mol. The van der Waals surface area contributed by atoms with Gasteiger partial charge in [-0.2, -0.15) is 0 Å². The normalized spacial score (nSPS) is 23.0. The van der Waals surface area contributed by atoms with E-state index in [0.29, 0.717) is 6.04 Å². The van der Waals surface area contributed by atoms with E-state index in [2.05, 4.69) is 25.7 Å². The molecule has 0 bridgehead atoms. The molecule has 1 atom stereocenters. The molecule has 2 aliphatic rings. The quantitative estimate of drug-likeness (QED) is 0.740. The number of nitrogens with zero attached hydrogens (tertiary/aromatic N) is 2. The van der Waals surface area contributed by atoms with E-state index in [4.69, 9.17) is 0 Å². The Bertz CT molecular complexity index is 523. The summed E-state index contributed by atoms with van der Waals surface area (Å²) < 4.78 is 1.02. The van der Waals surface area contributed by atoms with Gasteiger partial charge in [0.2, 0.25) is 0 Å². The fourth-order valence-corrected chi connectivity index (χ4v) is 4.28. The number of carbonyl (C=O) groups excluding carboxylic acids is 1. The Balaban J connectivity index is 1.60. The second-order valence-electron chi connectivity index (χ2n) is 7.20. The van der Waals surface area contributed by atoms with Crippen LogP contribution in [0.4, 0.5) is 0 Å². The monoisotopic (exact) mass is 392 g/mol. The van der Waals surface area contributed by atoms with E-state index in [0.717, 1.165) is 42.4 Å². The van der Waals surface area contributed by atoms with Crippen LogP contribution < -0.4 is 0 Å². The van der Waals surface area contributed by atoms with Gasteiger partial charge in [0.1, 0.15) is 0 Å². The summed E-state index contributed by atoms with van der Waals surface area (Å²) >= 11 is 3.45. The second-order valence-corrected chi connectivity index (χ2v) is 8.12. The molecule has 132 valence electrons. The zero-order valence-electron chi connectivity index (χ0n) is 14.6. The Morgan fingerprint density at radius 2 is 1.62 bits per heavy atom. The third kappa shape index (κ3) is 4.82. The Morgan fingerprint density at radius 3 is 2.33 bits per heavy atom. The number of carbonyl (C=O) groups is 1. The second kappa shape index (κ2) is 9.00. The van der Waals surface area contributed by atoms with Crippen molar-refractivity contribution in [2.45, 2.75) is 57.4 Å². The van der Waals surface area contributed by atoms with Gasteiger partial charge in [-0.15, -0.1) is 0 Å². The van der Waals surface area contributed by atoms with E-state index in [-0.39, 0.29) is 5.91 Å². The van der Waals surface area contributed by atoms with E-state index in [9.17, 15) is 4.79 Å². The zero-order chi connectivity index (χ0) is 16.8. The van der Waals surface area contributed by atoms with Crippen LogP contribution in [0.3, 0.4) is 0 Å². The summed E-state index contributed by atoms with van der Waals surface area (Å²) in [5, 5.41) is 0. The van der Waals surface area contributed by atoms with Crippen molar-refractivity contribution in [3.05, 3.63) is 34.3 Å². The van der Waals surface area contributed by atoms with Gasteiger partial charge in [0.25, 0.3) is 5.91 Å². The Kier molecular flexibility index (Phi) is 6.73. The van der Waals surface area contributed by atoms with Crippen molar-refractivity contribution in [1.29, 1.82) is 0 Å². The van der Waals surface area contributed by atoms with Crippen molar-refractivity contribution in [3.63, 3.8) is 0 Å². The molecule has 1 aromatic carbocycles. The molecule has 0 aromatic heterocycles. The van der Waals surface area contributed by atoms with E-state index in [1.54, 1.807) is 0 Å². The molecule has 0 saturated carbocycles. The third-order valence-electron chi connectivity index (χ3n) is 5.46. The number of halogens is 1. The van der Waals surface area contributed by atoms with Crippen LogP contribution in [0.5, 0.6) is 0 Å². The van der Waals surface area contributed by atoms with Crippen LogP contribution in [0, 0.1) is 0 Å². The molecule has 24 heavy (non-hydrogen) atoms. The van der Waals surface area contributed by atoms with Crippen LogP contribution in [0.1, 0.15) is 61.7 Å². The molecule has 0 N–H and O–H groups in total. The van der Waals surface area contributed by atoms with E-state index >= 15 is 0 Å². The number of piperidine rings is 1. The molecule has 3 rings (SSSR count). The predicted octanol–water partition coefficient (Wildman–Crippen LogP) is 4.71. The molecule has 2 saturated heterocycles. The van der Waals surface area contributed by atoms with Crippen LogP contribution >= 0.6 is 15.9 Å². The van der Waals surface area contributed by atoms with Crippen LogP contribution in [-0.4, -0.2) is 47.9 Å². The molecule has 1 aromatic rings. The highest BCUT2D eigenvalue weighted by Crippen LogP contribution is 2.23. The average molecular weight is 393 g/mol. The highest BCUT2D eigenvalue weighted by molar-refractivity contribution is 9.10. The first-order valence-corrected chi connectivity index (χ1v) is 10.3. The summed E-state index contributed by atoms with van der Waals surface area (Å²) in [6, 6.07) is 8.21. The van der Waals surface area contributed by atoms with E-state index < -0.39 is 0 Å². The summed E-state index contributed by atoms with van der Waals surface area (Å²) in [4.78, 5) is 17.7. The third-order valence-corrected chi connectivity index (χ3v) is 5.99. The molecule has 2 aliphatic heterocycles. The number of rotatable bonds is 4. The molecular formula is C20H29BrN2O. The van der Waals surface area contributed by atoms with E-state index in [1.165, 1.54) is 45.2 Å². The van der Waals surface area contributed by atoms with Crippen LogP contribution in [0.15, 0.2) is 28.7 Å². The van der Waals surface area contributed by atoms with Crippen molar-refractivity contribution < 1.29 is 4.79 Å². The SMILES string of the molecule is O=C(c1ccc(Br)cc1)N1CCCC[C@H]1CCN1CCCCCC1. The first-order chi connectivity index (χ1) is 11.7. The highest BCUT2D eigenvalue weighted by atomic mass is 79.9. The minimum atomic E-state index is 0.211. The van der Waals surface area contributed by atoms with Gasteiger partial charge in [-0.3, -0.25) is 4.79 Å². The largest absolute Gasteiger partial charge is 0.336 e. The van der Waals surface area contributed by atoms with Crippen molar-refractivity contribution in [1.82, 2.24) is 9.80 Å². The summed E-state index contributed by atoms with van der Waals surface area (Å²) in [5.74, 6) is 0.211. The average Bonchev–Trinajstić information content (AvgIpc) is 2.89. The predicted molar refractivity (Wildman–Crippen MR) is 102 cm³/mol. The number of hydrogen-bond acceptors (Lipinski definition) is 2. The van der Waals surface area contributed by atoms with Gasteiger partial charge >= 0.3 is 0 Å². The number of benzene rings is 1. The molecule has 0 unspecified atom stereocenters. The first-order valence-electron chi connectivity index (χ1n) is 9.53.